The van der Waals surface area contributed by atoms with Gasteiger partial charge in [-0.1, -0.05) is 29.5 Å². The smallest absolute Gasteiger partial charge is 0.195 e. The number of hydrogen-bond donors (Lipinski definition) is 0. The molecule has 0 N–H and O–H groups in total. The van der Waals surface area contributed by atoms with Crippen molar-refractivity contribution in [1.29, 1.82) is 0 Å². The first-order valence-corrected chi connectivity index (χ1v) is 7.54. The van der Waals surface area contributed by atoms with Gasteiger partial charge in [-0.05, 0) is 25.5 Å². The average Bonchev–Trinajstić information content (AvgIpc) is 2.92. The highest BCUT2D eigenvalue weighted by atomic mass is 32.2. The molecule has 0 unspecified atom stereocenters. The molecule has 3 rings (SSSR count). The van der Waals surface area contributed by atoms with Crippen LogP contribution in [-0.4, -0.2) is 15.7 Å². The molecule has 0 radical (unpaired) electrons. The van der Waals surface area contributed by atoms with Gasteiger partial charge in [-0.2, -0.15) is 0 Å². The van der Waals surface area contributed by atoms with Gasteiger partial charge in [-0.15, -0.1) is 11.3 Å². The number of hydrogen-bond acceptors (Lipinski definition) is 4. The number of fused-ring (bicyclic) bond motifs is 1. The summed E-state index contributed by atoms with van der Waals surface area (Å²) < 4.78 is 1.84. The number of aldehydes is 1. The molecule has 0 atom stereocenters. The SMILES string of the molecule is Cc1ccc(Sc2nc3sccn3c2C=O)c(C)c1. The van der Waals surface area contributed by atoms with Gasteiger partial charge in [0.05, 0.1) is 0 Å². The fraction of sp³-hybridized carbons (Fsp3) is 0.143. The average molecular weight is 288 g/mol. The van der Waals surface area contributed by atoms with Crippen molar-refractivity contribution in [2.75, 3.05) is 0 Å². The van der Waals surface area contributed by atoms with E-state index in [1.165, 1.54) is 22.5 Å². The van der Waals surface area contributed by atoms with Crippen LogP contribution in [0.4, 0.5) is 0 Å². The largest absolute Gasteiger partial charge is 0.296 e. The summed E-state index contributed by atoms with van der Waals surface area (Å²) in [6.45, 7) is 4.15. The lowest BCUT2D eigenvalue weighted by Crippen LogP contribution is -1.89. The minimum absolute atomic E-state index is 0.626. The van der Waals surface area contributed by atoms with E-state index < -0.39 is 0 Å². The van der Waals surface area contributed by atoms with E-state index >= 15 is 0 Å². The first kappa shape index (κ1) is 12.4. The Balaban J connectivity index is 2.05. The van der Waals surface area contributed by atoms with E-state index in [1.807, 2.05) is 16.0 Å². The first-order valence-electron chi connectivity index (χ1n) is 5.85. The van der Waals surface area contributed by atoms with Crippen LogP contribution in [0.5, 0.6) is 0 Å². The van der Waals surface area contributed by atoms with Crippen molar-refractivity contribution in [1.82, 2.24) is 9.38 Å². The third kappa shape index (κ3) is 2.19. The maximum absolute atomic E-state index is 11.3. The summed E-state index contributed by atoms with van der Waals surface area (Å²) >= 11 is 3.08. The Kier molecular flexibility index (Phi) is 3.16. The molecule has 0 aliphatic heterocycles. The van der Waals surface area contributed by atoms with Gasteiger partial charge < -0.3 is 0 Å². The summed E-state index contributed by atoms with van der Waals surface area (Å²) in [6.07, 6.45) is 2.75. The Morgan fingerprint density at radius 3 is 2.95 bits per heavy atom. The van der Waals surface area contributed by atoms with Crippen LogP contribution in [0.2, 0.25) is 0 Å². The Hall–Kier alpha value is -1.59. The van der Waals surface area contributed by atoms with Gasteiger partial charge in [0.15, 0.2) is 11.2 Å². The molecule has 0 saturated heterocycles. The number of aryl methyl sites for hydroxylation is 2. The summed E-state index contributed by atoms with van der Waals surface area (Å²) in [5.41, 5.74) is 3.07. The van der Waals surface area contributed by atoms with Crippen LogP contribution in [0, 0.1) is 13.8 Å². The predicted molar refractivity (Wildman–Crippen MR) is 78.5 cm³/mol. The Bertz CT molecular complexity index is 758. The van der Waals surface area contributed by atoms with Gasteiger partial charge in [-0.25, -0.2) is 4.98 Å². The maximum Gasteiger partial charge on any atom is 0.195 e. The Morgan fingerprint density at radius 1 is 1.37 bits per heavy atom. The van der Waals surface area contributed by atoms with Gasteiger partial charge in [0.25, 0.3) is 0 Å². The van der Waals surface area contributed by atoms with Crippen molar-refractivity contribution < 1.29 is 4.79 Å². The van der Waals surface area contributed by atoms with Crippen molar-refractivity contribution in [2.24, 2.45) is 0 Å². The fourth-order valence-corrected chi connectivity index (χ4v) is 3.71. The Morgan fingerprint density at radius 2 is 2.21 bits per heavy atom. The third-order valence-electron chi connectivity index (χ3n) is 2.91. The summed E-state index contributed by atoms with van der Waals surface area (Å²) in [5, 5.41) is 2.70. The molecular formula is C14H12N2OS2. The highest BCUT2D eigenvalue weighted by Crippen LogP contribution is 2.33. The van der Waals surface area contributed by atoms with Crippen molar-refractivity contribution in [3.8, 4) is 0 Å². The normalized spacial score (nSPS) is 11.1. The number of aromatic nitrogens is 2. The summed E-state index contributed by atoms with van der Waals surface area (Å²) in [7, 11) is 0. The van der Waals surface area contributed by atoms with E-state index in [9.17, 15) is 4.79 Å². The van der Waals surface area contributed by atoms with Gasteiger partial charge >= 0.3 is 0 Å². The number of rotatable bonds is 3. The summed E-state index contributed by atoms with van der Waals surface area (Å²) in [5.74, 6) is 0. The van der Waals surface area contributed by atoms with E-state index in [1.54, 1.807) is 11.8 Å². The van der Waals surface area contributed by atoms with Crippen molar-refractivity contribution >= 4 is 34.3 Å². The topological polar surface area (TPSA) is 34.4 Å². The lowest BCUT2D eigenvalue weighted by molar-refractivity contribution is 0.111. The van der Waals surface area contributed by atoms with E-state index in [-0.39, 0.29) is 0 Å². The minimum Gasteiger partial charge on any atom is -0.296 e. The molecule has 96 valence electrons. The molecule has 5 heteroatoms. The van der Waals surface area contributed by atoms with Crippen LogP contribution < -0.4 is 0 Å². The quantitative estimate of drug-likeness (QED) is 0.684. The van der Waals surface area contributed by atoms with E-state index in [4.69, 9.17) is 0 Å². The zero-order chi connectivity index (χ0) is 13.4. The minimum atomic E-state index is 0.626. The van der Waals surface area contributed by atoms with Crippen molar-refractivity contribution in [3.05, 3.63) is 46.6 Å². The number of carbonyl (C=O) groups excluding carboxylic acids is 1. The lowest BCUT2D eigenvalue weighted by Gasteiger charge is -2.04. The monoisotopic (exact) mass is 288 g/mol. The van der Waals surface area contributed by atoms with Crippen LogP contribution in [0.15, 0.2) is 39.7 Å². The molecule has 0 aliphatic carbocycles. The molecule has 3 nitrogen and oxygen atoms in total. The molecule has 0 amide bonds. The zero-order valence-electron chi connectivity index (χ0n) is 10.6. The predicted octanol–water partition coefficient (Wildman–Crippen LogP) is 3.98. The molecule has 19 heavy (non-hydrogen) atoms. The number of thiazole rings is 1. The van der Waals surface area contributed by atoms with Gasteiger partial charge in [-0.3, -0.25) is 9.20 Å². The Labute approximate surface area is 119 Å². The molecule has 3 aromatic rings. The molecule has 0 bridgehead atoms. The second-order valence-corrected chi connectivity index (χ2v) is 6.25. The molecule has 2 heterocycles. The van der Waals surface area contributed by atoms with Crippen LogP contribution in [0.25, 0.3) is 4.96 Å². The highest BCUT2D eigenvalue weighted by molar-refractivity contribution is 7.99. The zero-order valence-corrected chi connectivity index (χ0v) is 12.2. The van der Waals surface area contributed by atoms with Crippen LogP contribution >= 0.6 is 23.1 Å². The molecule has 2 aromatic heterocycles. The van der Waals surface area contributed by atoms with Crippen molar-refractivity contribution in [2.45, 2.75) is 23.8 Å². The molecule has 0 saturated carbocycles. The number of nitrogens with zero attached hydrogens (tertiary/aromatic N) is 2. The fourth-order valence-electron chi connectivity index (χ4n) is 1.98. The summed E-state index contributed by atoms with van der Waals surface area (Å²) in [4.78, 5) is 17.8. The summed E-state index contributed by atoms with van der Waals surface area (Å²) in [6, 6.07) is 6.30. The maximum atomic E-state index is 11.3. The number of benzene rings is 1. The van der Waals surface area contributed by atoms with E-state index in [0.29, 0.717) is 5.69 Å². The number of carbonyl (C=O) groups is 1. The standard InChI is InChI=1S/C14H12N2OS2/c1-9-3-4-12(10(2)7-9)19-13-11(8-17)16-5-6-18-14(16)15-13/h3-8H,1-2H3. The van der Waals surface area contributed by atoms with Crippen LogP contribution in [0.3, 0.4) is 0 Å². The van der Waals surface area contributed by atoms with Gasteiger partial charge in [0, 0.05) is 16.5 Å². The first-order chi connectivity index (χ1) is 9.19. The molecule has 0 spiro atoms. The van der Waals surface area contributed by atoms with Crippen LogP contribution in [0.1, 0.15) is 21.6 Å². The second-order valence-electron chi connectivity index (χ2n) is 4.35. The van der Waals surface area contributed by atoms with Gasteiger partial charge in [0.1, 0.15) is 10.7 Å². The molecular weight excluding hydrogens is 276 g/mol. The second kappa shape index (κ2) is 4.83. The van der Waals surface area contributed by atoms with E-state index in [0.717, 1.165) is 21.2 Å². The molecule has 1 aromatic carbocycles. The highest BCUT2D eigenvalue weighted by Gasteiger charge is 2.14. The molecule has 0 fully saturated rings. The van der Waals surface area contributed by atoms with E-state index in [2.05, 4.69) is 37.0 Å². The van der Waals surface area contributed by atoms with Crippen LogP contribution in [-0.2, 0) is 0 Å². The molecule has 0 aliphatic rings. The van der Waals surface area contributed by atoms with Crippen molar-refractivity contribution in [3.63, 3.8) is 0 Å². The van der Waals surface area contributed by atoms with Gasteiger partial charge in [0.2, 0.25) is 0 Å². The third-order valence-corrected chi connectivity index (χ3v) is 4.84. The lowest BCUT2D eigenvalue weighted by atomic mass is 10.2. The number of imidazole rings is 1.